The van der Waals surface area contributed by atoms with Crippen molar-refractivity contribution < 1.29 is 9.18 Å². The normalized spacial score (nSPS) is 10.9. The van der Waals surface area contributed by atoms with Crippen molar-refractivity contribution >= 4 is 16.9 Å². The van der Waals surface area contributed by atoms with Crippen molar-refractivity contribution in [3.63, 3.8) is 0 Å². The summed E-state index contributed by atoms with van der Waals surface area (Å²) >= 11 is 0. The third-order valence-electron chi connectivity index (χ3n) is 4.10. The second kappa shape index (κ2) is 7.25. The maximum Gasteiger partial charge on any atom is 0.220 e. The number of para-hydroxylation sites is 2. The molecule has 24 heavy (non-hydrogen) atoms. The maximum atomic E-state index is 12.8. The number of carbonyl (C=O) groups is 1. The van der Waals surface area contributed by atoms with E-state index in [1.54, 1.807) is 12.1 Å². The van der Waals surface area contributed by atoms with Crippen LogP contribution in [0.1, 0.15) is 17.8 Å². The second-order valence-electron chi connectivity index (χ2n) is 5.80. The van der Waals surface area contributed by atoms with Gasteiger partial charge in [-0.2, -0.15) is 0 Å². The molecule has 4 nitrogen and oxygen atoms in total. The minimum Gasteiger partial charge on any atom is -0.356 e. The molecular formula is C19H20FN3O. The van der Waals surface area contributed by atoms with Crippen molar-refractivity contribution in [2.24, 2.45) is 7.05 Å². The van der Waals surface area contributed by atoms with Crippen LogP contribution in [0, 0.1) is 5.82 Å². The number of amides is 1. The first kappa shape index (κ1) is 16.2. The zero-order valence-electron chi connectivity index (χ0n) is 13.6. The Morgan fingerprint density at radius 3 is 2.62 bits per heavy atom. The lowest BCUT2D eigenvalue weighted by Crippen LogP contribution is -2.26. The molecule has 0 radical (unpaired) electrons. The molecule has 0 aliphatic heterocycles. The molecule has 3 rings (SSSR count). The van der Waals surface area contributed by atoms with Crippen molar-refractivity contribution in [3.8, 4) is 0 Å². The average molecular weight is 325 g/mol. The molecule has 0 aliphatic carbocycles. The SMILES string of the molecule is Cn1c(CCNC(=O)CCc2ccc(F)cc2)nc2ccccc21. The summed E-state index contributed by atoms with van der Waals surface area (Å²) in [5.74, 6) is 0.693. The van der Waals surface area contributed by atoms with Gasteiger partial charge in [0.15, 0.2) is 0 Å². The van der Waals surface area contributed by atoms with E-state index >= 15 is 0 Å². The first-order chi connectivity index (χ1) is 11.6. The lowest BCUT2D eigenvalue weighted by molar-refractivity contribution is -0.121. The van der Waals surface area contributed by atoms with Gasteiger partial charge in [-0.05, 0) is 36.2 Å². The molecule has 0 spiro atoms. The van der Waals surface area contributed by atoms with Crippen molar-refractivity contribution in [3.05, 3.63) is 65.7 Å². The van der Waals surface area contributed by atoms with Crippen LogP contribution in [0.3, 0.4) is 0 Å². The summed E-state index contributed by atoms with van der Waals surface area (Å²) in [5.41, 5.74) is 3.02. The highest BCUT2D eigenvalue weighted by molar-refractivity contribution is 5.76. The van der Waals surface area contributed by atoms with Gasteiger partial charge < -0.3 is 9.88 Å². The molecule has 2 aromatic carbocycles. The van der Waals surface area contributed by atoms with Gasteiger partial charge in [0.05, 0.1) is 11.0 Å². The van der Waals surface area contributed by atoms with E-state index in [4.69, 9.17) is 0 Å². The molecular weight excluding hydrogens is 305 g/mol. The Morgan fingerprint density at radius 2 is 1.88 bits per heavy atom. The summed E-state index contributed by atoms with van der Waals surface area (Å²) < 4.78 is 14.9. The zero-order valence-corrected chi connectivity index (χ0v) is 13.6. The fourth-order valence-electron chi connectivity index (χ4n) is 2.73. The van der Waals surface area contributed by atoms with Gasteiger partial charge in [-0.15, -0.1) is 0 Å². The van der Waals surface area contributed by atoms with E-state index in [2.05, 4.69) is 14.9 Å². The van der Waals surface area contributed by atoms with E-state index in [0.29, 0.717) is 25.8 Å². The standard InChI is InChI=1S/C19H20FN3O/c1-23-17-5-3-2-4-16(17)22-18(23)12-13-21-19(24)11-8-14-6-9-15(20)10-7-14/h2-7,9-10H,8,11-13H2,1H3,(H,21,24). The highest BCUT2D eigenvalue weighted by Crippen LogP contribution is 2.14. The van der Waals surface area contributed by atoms with Gasteiger partial charge in [-0.25, -0.2) is 9.37 Å². The molecule has 0 saturated heterocycles. The van der Waals surface area contributed by atoms with Crippen molar-refractivity contribution in [1.29, 1.82) is 0 Å². The molecule has 0 saturated carbocycles. The summed E-state index contributed by atoms with van der Waals surface area (Å²) in [6.07, 6.45) is 1.69. The predicted octanol–water partition coefficient (Wildman–Crippen LogP) is 3.00. The lowest BCUT2D eigenvalue weighted by Gasteiger charge is -2.06. The minimum absolute atomic E-state index is 0.00177. The van der Waals surface area contributed by atoms with Crippen LogP contribution < -0.4 is 5.32 Å². The quantitative estimate of drug-likeness (QED) is 0.757. The van der Waals surface area contributed by atoms with Gasteiger partial charge in [0.2, 0.25) is 5.91 Å². The zero-order chi connectivity index (χ0) is 16.9. The number of benzene rings is 2. The molecule has 0 unspecified atom stereocenters. The van der Waals surface area contributed by atoms with Crippen LogP contribution in [0.2, 0.25) is 0 Å². The molecule has 3 aromatic rings. The molecule has 124 valence electrons. The fraction of sp³-hybridized carbons (Fsp3) is 0.263. The Kier molecular flexibility index (Phi) is 4.89. The number of fused-ring (bicyclic) bond motifs is 1. The Morgan fingerprint density at radius 1 is 1.12 bits per heavy atom. The number of rotatable bonds is 6. The van der Waals surface area contributed by atoms with Gasteiger partial charge >= 0.3 is 0 Å². The smallest absolute Gasteiger partial charge is 0.220 e. The van der Waals surface area contributed by atoms with E-state index in [1.807, 2.05) is 31.3 Å². The number of carbonyl (C=O) groups excluding carboxylic acids is 1. The number of nitrogens with one attached hydrogen (secondary N) is 1. The summed E-state index contributed by atoms with van der Waals surface area (Å²) in [7, 11) is 1.99. The molecule has 0 bridgehead atoms. The summed E-state index contributed by atoms with van der Waals surface area (Å²) in [6, 6.07) is 14.2. The lowest BCUT2D eigenvalue weighted by atomic mass is 10.1. The Balaban J connectivity index is 1.47. The van der Waals surface area contributed by atoms with Crippen LogP contribution in [0.4, 0.5) is 4.39 Å². The Bertz CT molecular complexity index is 839. The maximum absolute atomic E-state index is 12.8. The number of hydrogen-bond acceptors (Lipinski definition) is 2. The number of aryl methyl sites for hydroxylation is 2. The number of imidazole rings is 1. The second-order valence-corrected chi connectivity index (χ2v) is 5.80. The number of halogens is 1. The molecule has 1 aromatic heterocycles. The topological polar surface area (TPSA) is 46.9 Å². The Labute approximate surface area is 140 Å². The summed E-state index contributed by atoms with van der Waals surface area (Å²) in [6.45, 7) is 0.555. The fourth-order valence-corrected chi connectivity index (χ4v) is 2.73. The molecule has 1 heterocycles. The third-order valence-corrected chi connectivity index (χ3v) is 4.10. The monoisotopic (exact) mass is 325 g/mol. The highest BCUT2D eigenvalue weighted by atomic mass is 19.1. The molecule has 1 amide bonds. The van der Waals surface area contributed by atoms with Crippen LogP contribution in [-0.2, 0) is 24.7 Å². The largest absolute Gasteiger partial charge is 0.356 e. The summed E-state index contributed by atoms with van der Waals surface area (Å²) in [4.78, 5) is 16.5. The van der Waals surface area contributed by atoms with E-state index in [1.165, 1.54) is 12.1 Å². The van der Waals surface area contributed by atoms with E-state index < -0.39 is 0 Å². The van der Waals surface area contributed by atoms with Crippen LogP contribution in [0.15, 0.2) is 48.5 Å². The van der Waals surface area contributed by atoms with E-state index in [-0.39, 0.29) is 11.7 Å². The summed E-state index contributed by atoms with van der Waals surface area (Å²) in [5, 5.41) is 2.92. The van der Waals surface area contributed by atoms with Crippen LogP contribution >= 0.6 is 0 Å². The van der Waals surface area contributed by atoms with Crippen molar-refractivity contribution in [1.82, 2.24) is 14.9 Å². The Hall–Kier alpha value is -2.69. The van der Waals surface area contributed by atoms with Gasteiger partial charge in [-0.1, -0.05) is 24.3 Å². The van der Waals surface area contributed by atoms with Gasteiger partial charge in [0.25, 0.3) is 0 Å². The van der Waals surface area contributed by atoms with E-state index in [0.717, 1.165) is 22.4 Å². The first-order valence-corrected chi connectivity index (χ1v) is 8.05. The van der Waals surface area contributed by atoms with Gasteiger partial charge in [0, 0.05) is 26.4 Å². The first-order valence-electron chi connectivity index (χ1n) is 8.05. The number of nitrogens with zero attached hydrogens (tertiary/aromatic N) is 2. The number of hydrogen-bond donors (Lipinski definition) is 1. The molecule has 1 N–H and O–H groups in total. The van der Waals surface area contributed by atoms with Crippen molar-refractivity contribution in [2.75, 3.05) is 6.54 Å². The molecule has 0 aliphatic rings. The predicted molar refractivity (Wildman–Crippen MR) is 92.1 cm³/mol. The van der Waals surface area contributed by atoms with Gasteiger partial charge in [-0.3, -0.25) is 4.79 Å². The third kappa shape index (κ3) is 3.79. The highest BCUT2D eigenvalue weighted by Gasteiger charge is 2.08. The van der Waals surface area contributed by atoms with Crippen LogP contribution in [0.5, 0.6) is 0 Å². The number of aromatic nitrogens is 2. The average Bonchev–Trinajstić information content (AvgIpc) is 2.91. The molecule has 5 heteroatoms. The molecule has 0 fully saturated rings. The molecule has 0 atom stereocenters. The minimum atomic E-state index is -0.259. The van der Waals surface area contributed by atoms with Crippen LogP contribution in [-0.4, -0.2) is 22.0 Å². The van der Waals surface area contributed by atoms with Gasteiger partial charge in [0.1, 0.15) is 11.6 Å². The van der Waals surface area contributed by atoms with Crippen molar-refractivity contribution in [2.45, 2.75) is 19.3 Å². The van der Waals surface area contributed by atoms with E-state index in [9.17, 15) is 9.18 Å². The van der Waals surface area contributed by atoms with Crippen LogP contribution in [0.25, 0.3) is 11.0 Å².